The summed E-state index contributed by atoms with van der Waals surface area (Å²) in [6, 6.07) is 2.90. The van der Waals surface area contributed by atoms with Crippen molar-refractivity contribution in [1.82, 2.24) is 15.6 Å². The molecular weight excluding hydrogens is 341 g/mol. The SMILES string of the molecule is CNC(=O)c1[nH]c2c(F)cc(OC)cc2c1CCNC(=O)OC(C)(C)C. The Morgan fingerprint density at radius 1 is 1.27 bits per heavy atom. The molecule has 0 spiro atoms. The Hall–Kier alpha value is -2.77. The number of nitrogens with one attached hydrogen (secondary N) is 3. The van der Waals surface area contributed by atoms with Crippen molar-refractivity contribution in [2.45, 2.75) is 32.8 Å². The van der Waals surface area contributed by atoms with E-state index in [9.17, 15) is 14.0 Å². The molecule has 0 unspecified atom stereocenters. The number of fused-ring (bicyclic) bond motifs is 1. The minimum absolute atomic E-state index is 0.219. The second-order valence-corrected chi connectivity index (χ2v) is 6.77. The third-order valence-electron chi connectivity index (χ3n) is 3.67. The van der Waals surface area contributed by atoms with Crippen LogP contribution in [0.25, 0.3) is 10.9 Å². The highest BCUT2D eigenvalue weighted by atomic mass is 19.1. The van der Waals surface area contributed by atoms with E-state index < -0.39 is 17.5 Å². The van der Waals surface area contributed by atoms with Crippen molar-refractivity contribution in [3.05, 3.63) is 29.2 Å². The van der Waals surface area contributed by atoms with Crippen LogP contribution in [0.3, 0.4) is 0 Å². The van der Waals surface area contributed by atoms with E-state index in [-0.39, 0.29) is 23.7 Å². The fraction of sp³-hybridized carbons (Fsp3) is 0.444. The van der Waals surface area contributed by atoms with Crippen molar-refractivity contribution >= 4 is 22.9 Å². The molecule has 2 aromatic rings. The average Bonchev–Trinajstić information content (AvgIpc) is 2.91. The lowest BCUT2D eigenvalue weighted by molar-refractivity contribution is 0.0528. The zero-order chi connectivity index (χ0) is 19.5. The third-order valence-corrected chi connectivity index (χ3v) is 3.67. The normalized spacial score (nSPS) is 11.3. The minimum atomic E-state index is -0.603. The smallest absolute Gasteiger partial charge is 0.407 e. The first-order valence-corrected chi connectivity index (χ1v) is 8.23. The Morgan fingerprint density at radius 2 is 1.96 bits per heavy atom. The van der Waals surface area contributed by atoms with Crippen LogP contribution in [0.1, 0.15) is 36.8 Å². The van der Waals surface area contributed by atoms with Gasteiger partial charge < -0.3 is 25.1 Å². The van der Waals surface area contributed by atoms with Crippen LogP contribution in [0, 0.1) is 5.82 Å². The highest BCUT2D eigenvalue weighted by molar-refractivity contribution is 6.01. The number of alkyl carbamates (subject to hydrolysis) is 1. The van der Waals surface area contributed by atoms with Gasteiger partial charge >= 0.3 is 6.09 Å². The fourth-order valence-electron chi connectivity index (χ4n) is 2.58. The van der Waals surface area contributed by atoms with Crippen LogP contribution in [0.5, 0.6) is 5.75 Å². The van der Waals surface area contributed by atoms with E-state index in [1.165, 1.54) is 20.2 Å². The molecule has 0 aliphatic carbocycles. The number of carbonyl (C=O) groups is 2. The van der Waals surface area contributed by atoms with Gasteiger partial charge in [0, 0.05) is 25.0 Å². The number of H-pyrrole nitrogens is 1. The summed E-state index contributed by atoms with van der Waals surface area (Å²) in [5.41, 5.74) is 0.458. The van der Waals surface area contributed by atoms with Crippen molar-refractivity contribution in [3.63, 3.8) is 0 Å². The van der Waals surface area contributed by atoms with E-state index in [1.807, 2.05) is 0 Å². The lowest BCUT2D eigenvalue weighted by Crippen LogP contribution is -2.33. The number of carbonyl (C=O) groups excluding carboxylic acids is 2. The summed E-state index contributed by atoms with van der Waals surface area (Å²) in [4.78, 5) is 26.8. The molecule has 7 nitrogen and oxygen atoms in total. The van der Waals surface area contributed by atoms with Crippen LogP contribution >= 0.6 is 0 Å². The first-order valence-electron chi connectivity index (χ1n) is 8.23. The Morgan fingerprint density at radius 3 is 2.54 bits per heavy atom. The van der Waals surface area contributed by atoms with E-state index in [2.05, 4.69) is 15.6 Å². The lowest BCUT2D eigenvalue weighted by Gasteiger charge is -2.19. The molecule has 0 atom stereocenters. The van der Waals surface area contributed by atoms with Crippen molar-refractivity contribution in [1.29, 1.82) is 0 Å². The van der Waals surface area contributed by atoms with Crippen molar-refractivity contribution in [3.8, 4) is 5.75 Å². The molecule has 1 aromatic heterocycles. The number of methoxy groups -OCH3 is 1. The number of rotatable bonds is 5. The summed E-state index contributed by atoms with van der Waals surface area (Å²) in [5.74, 6) is -0.540. The molecule has 0 aliphatic rings. The molecule has 0 bridgehead atoms. The quantitative estimate of drug-likeness (QED) is 0.760. The second kappa shape index (κ2) is 7.63. The first-order chi connectivity index (χ1) is 12.2. The molecule has 1 heterocycles. The van der Waals surface area contributed by atoms with E-state index >= 15 is 0 Å². The predicted octanol–water partition coefficient (Wildman–Crippen LogP) is 2.74. The number of aromatic nitrogens is 1. The predicted molar refractivity (Wildman–Crippen MR) is 96.1 cm³/mol. The summed E-state index contributed by atoms with van der Waals surface area (Å²) in [5, 5.41) is 5.70. The van der Waals surface area contributed by atoms with E-state index in [4.69, 9.17) is 9.47 Å². The largest absolute Gasteiger partial charge is 0.497 e. The van der Waals surface area contributed by atoms with Crippen LogP contribution in [-0.2, 0) is 11.2 Å². The van der Waals surface area contributed by atoms with Gasteiger partial charge in [0.05, 0.1) is 12.6 Å². The van der Waals surface area contributed by atoms with Gasteiger partial charge in [-0.05, 0) is 38.8 Å². The zero-order valence-corrected chi connectivity index (χ0v) is 15.6. The lowest BCUT2D eigenvalue weighted by atomic mass is 10.1. The molecule has 26 heavy (non-hydrogen) atoms. The fourth-order valence-corrected chi connectivity index (χ4v) is 2.58. The molecule has 2 amide bonds. The molecule has 1 aromatic carbocycles. The maximum Gasteiger partial charge on any atom is 0.407 e. The summed E-state index contributed by atoms with van der Waals surface area (Å²) in [6.45, 7) is 5.53. The summed E-state index contributed by atoms with van der Waals surface area (Å²) < 4.78 is 24.6. The van der Waals surface area contributed by atoms with Crippen LogP contribution in [-0.4, -0.2) is 43.3 Å². The maximum atomic E-state index is 14.3. The van der Waals surface area contributed by atoms with Crippen molar-refractivity contribution in [2.24, 2.45) is 0 Å². The topological polar surface area (TPSA) is 92.5 Å². The van der Waals surface area contributed by atoms with Crippen molar-refractivity contribution < 1.29 is 23.5 Å². The molecule has 2 rings (SSSR count). The van der Waals surface area contributed by atoms with E-state index in [1.54, 1.807) is 26.8 Å². The van der Waals surface area contributed by atoms with Gasteiger partial charge in [-0.1, -0.05) is 0 Å². The number of ether oxygens (including phenoxy) is 2. The third kappa shape index (κ3) is 4.44. The Bertz CT molecular complexity index is 824. The highest BCUT2D eigenvalue weighted by Crippen LogP contribution is 2.29. The van der Waals surface area contributed by atoms with E-state index in [0.717, 1.165) is 0 Å². The molecule has 0 saturated heterocycles. The Kier molecular flexibility index (Phi) is 5.74. The highest BCUT2D eigenvalue weighted by Gasteiger charge is 2.21. The minimum Gasteiger partial charge on any atom is -0.497 e. The molecule has 8 heteroatoms. The molecule has 0 saturated carbocycles. The number of hydrogen-bond donors (Lipinski definition) is 3. The first kappa shape index (κ1) is 19.6. The number of halogens is 1. The van der Waals surface area contributed by atoms with Gasteiger partial charge in [-0.25, -0.2) is 9.18 Å². The maximum absolute atomic E-state index is 14.3. The number of amides is 2. The van der Waals surface area contributed by atoms with Crippen LogP contribution in [0.2, 0.25) is 0 Å². The molecular formula is C18H24FN3O4. The monoisotopic (exact) mass is 365 g/mol. The molecule has 0 aliphatic heterocycles. The van der Waals surface area contributed by atoms with E-state index in [0.29, 0.717) is 23.1 Å². The van der Waals surface area contributed by atoms with Gasteiger partial charge in [0.15, 0.2) is 5.82 Å². The Balaban J connectivity index is 2.30. The van der Waals surface area contributed by atoms with Gasteiger partial charge in [-0.3, -0.25) is 4.79 Å². The van der Waals surface area contributed by atoms with Gasteiger partial charge in [-0.15, -0.1) is 0 Å². The summed E-state index contributed by atoms with van der Waals surface area (Å²) in [7, 11) is 2.93. The van der Waals surface area contributed by atoms with Crippen LogP contribution < -0.4 is 15.4 Å². The second-order valence-electron chi connectivity index (χ2n) is 6.77. The van der Waals surface area contributed by atoms with Crippen LogP contribution in [0.15, 0.2) is 12.1 Å². The number of benzene rings is 1. The standard InChI is InChI=1S/C18H24FN3O4/c1-18(2,3)26-17(24)21-7-6-11-12-8-10(25-5)9-13(19)14(12)22-15(11)16(23)20-4/h8-9,22H,6-7H2,1-5H3,(H,20,23)(H,21,24). The van der Waals surface area contributed by atoms with Crippen molar-refractivity contribution in [2.75, 3.05) is 20.7 Å². The molecule has 3 N–H and O–H groups in total. The van der Waals surface area contributed by atoms with Gasteiger partial charge in [0.25, 0.3) is 5.91 Å². The van der Waals surface area contributed by atoms with Gasteiger partial charge in [-0.2, -0.15) is 0 Å². The number of hydrogen-bond acceptors (Lipinski definition) is 4. The van der Waals surface area contributed by atoms with Gasteiger partial charge in [0.1, 0.15) is 17.0 Å². The zero-order valence-electron chi connectivity index (χ0n) is 15.6. The summed E-state index contributed by atoms with van der Waals surface area (Å²) >= 11 is 0. The average molecular weight is 365 g/mol. The van der Waals surface area contributed by atoms with Crippen LogP contribution in [0.4, 0.5) is 9.18 Å². The van der Waals surface area contributed by atoms with Gasteiger partial charge in [0.2, 0.25) is 0 Å². The molecule has 142 valence electrons. The Labute approximate surface area is 151 Å². The number of aromatic amines is 1. The molecule has 0 fully saturated rings. The molecule has 0 radical (unpaired) electrons. The summed E-state index contributed by atoms with van der Waals surface area (Å²) in [6.07, 6.45) is -0.239.